The minimum absolute atomic E-state index is 0.267. The van der Waals surface area contributed by atoms with Gasteiger partial charge < -0.3 is 0 Å². The van der Waals surface area contributed by atoms with Gasteiger partial charge in [0.2, 0.25) is 0 Å². The van der Waals surface area contributed by atoms with Gasteiger partial charge in [0.25, 0.3) is 0 Å². The fourth-order valence-corrected chi connectivity index (χ4v) is 10.1. The zero-order valence-corrected chi connectivity index (χ0v) is 37.9. The number of para-hydroxylation sites is 2. The zero-order chi connectivity index (χ0) is 45.6. The van der Waals surface area contributed by atoms with Crippen molar-refractivity contribution in [1.82, 2.24) is 19.9 Å². The Bertz CT molecular complexity index is 3780. The highest BCUT2D eigenvalue weighted by Gasteiger charge is 2.23. The van der Waals surface area contributed by atoms with Crippen LogP contribution in [0.4, 0.5) is 0 Å². The molecular weight excluding hydrogens is 825 g/mol. The highest BCUT2D eigenvalue weighted by Crippen LogP contribution is 2.43. The number of aromatic nitrogens is 4. The molecule has 0 radical (unpaired) electrons. The lowest BCUT2D eigenvalue weighted by molar-refractivity contribution is 0.868. The number of pyridine rings is 2. The van der Waals surface area contributed by atoms with Crippen LogP contribution in [0, 0.1) is 13.8 Å². The van der Waals surface area contributed by atoms with Gasteiger partial charge in [-0.15, -0.1) is 0 Å². The fraction of sp³-hybridized carbons (Fsp3) is 0.0625. The Morgan fingerprint density at radius 1 is 0.412 bits per heavy atom. The molecule has 0 fully saturated rings. The van der Waals surface area contributed by atoms with Crippen LogP contribution in [-0.4, -0.2) is 19.9 Å². The van der Waals surface area contributed by atoms with Gasteiger partial charge in [0.1, 0.15) is 0 Å². The second-order valence-corrected chi connectivity index (χ2v) is 17.9. The molecule has 1 atom stereocenters. The zero-order valence-electron chi connectivity index (χ0n) is 37.9. The van der Waals surface area contributed by atoms with Crippen molar-refractivity contribution in [2.24, 2.45) is 0 Å². The lowest BCUT2D eigenvalue weighted by Gasteiger charge is -2.22. The predicted octanol–water partition coefficient (Wildman–Crippen LogP) is 16.5. The van der Waals surface area contributed by atoms with Crippen molar-refractivity contribution in [3.63, 3.8) is 0 Å². The number of fused-ring (bicyclic) bond motifs is 3. The summed E-state index contributed by atoms with van der Waals surface area (Å²) >= 11 is 0. The molecule has 0 amide bonds. The molecular formula is C64H46N4. The maximum atomic E-state index is 5.65. The first-order chi connectivity index (χ1) is 33.5. The lowest BCUT2D eigenvalue weighted by atomic mass is 9.84. The molecule has 8 aromatic carbocycles. The van der Waals surface area contributed by atoms with Crippen molar-refractivity contribution in [1.29, 1.82) is 0 Å². The molecule has 12 rings (SSSR count). The molecule has 322 valence electrons. The average Bonchev–Trinajstić information content (AvgIpc) is 3.40. The van der Waals surface area contributed by atoms with Gasteiger partial charge in [-0.05, 0) is 106 Å². The Labute approximate surface area is 396 Å². The van der Waals surface area contributed by atoms with Crippen molar-refractivity contribution in [3.05, 3.63) is 247 Å². The molecule has 11 aromatic rings. The Balaban J connectivity index is 1.09. The van der Waals surface area contributed by atoms with Crippen LogP contribution in [-0.2, 0) is 0 Å². The smallest absolute Gasteiger partial charge is 0.160 e. The summed E-state index contributed by atoms with van der Waals surface area (Å²) in [5, 5.41) is 3.25. The van der Waals surface area contributed by atoms with Gasteiger partial charge >= 0.3 is 0 Å². The van der Waals surface area contributed by atoms with E-state index in [1.807, 2.05) is 24.5 Å². The van der Waals surface area contributed by atoms with Crippen molar-refractivity contribution in [3.8, 4) is 67.2 Å². The Kier molecular flexibility index (Phi) is 10.4. The summed E-state index contributed by atoms with van der Waals surface area (Å²) < 4.78 is 0. The van der Waals surface area contributed by atoms with Crippen molar-refractivity contribution in [2.45, 2.75) is 26.2 Å². The van der Waals surface area contributed by atoms with Crippen molar-refractivity contribution >= 4 is 38.3 Å². The largest absolute Gasteiger partial charge is 0.256 e. The number of rotatable bonds is 8. The standard InChI is InChI=1S/C64H46N4/c1-41-35-51(56-27-11-19-45-25-13-33-65-60(45)56)29-31-54(41)62-59-40-53(49-23-9-21-47(37-49)43-15-5-3-6-16-43)39-58(50-24-10-22-48(38-50)44-17-7-4-8-18-44)63(59)68-64(67-62)55-32-30-52(36-42(55)2)57-28-12-20-46-26-14-34-66-61(46)57/h3-36,38-40,47H,37H2,1-2H3. The van der Waals surface area contributed by atoms with Crippen LogP contribution in [0.2, 0.25) is 0 Å². The molecule has 0 spiro atoms. The molecule has 0 saturated heterocycles. The van der Waals surface area contributed by atoms with E-state index < -0.39 is 0 Å². The minimum Gasteiger partial charge on any atom is -0.256 e. The molecule has 0 N–H and O–H groups in total. The molecule has 3 aromatic heterocycles. The molecule has 0 bridgehead atoms. The quantitative estimate of drug-likeness (QED) is 0.153. The van der Waals surface area contributed by atoms with Crippen LogP contribution in [0.1, 0.15) is 34.6 Å². The lowest BCUT2D eigenvalue weighted by Crippen LogP contribution is -2.03. The summed E-state index contributed by atoms with van der Waals surface area (Å²) in [5.74, 6) is 0.954. The second kappa shape index (κ2) is 17.3. The third kappa shape index (κ3) is 7.56. The van der Waals surface area contributed by atoms with Crippen LogP contribution in [0.15, 0.2) is 225 Å². The SMILES string of the molecule is Cc1cc(-c2cccc3cccnc23)ccc1-c1nc(-c2ccc(-c3cccc4cccnc34)cc2C)c2cc(C3=CC=CC(c4ccccc4)C3)cc(-c3cccc(-c4ccccc4)c3)c2n1. The minimum atomic E-state index is 0.267. The summed E-state index contributed by atoms with van der Waals surface area (Å²) in [6.45, 7) is 4.37. The van der Waals surface area contributed by atoms with E-state index >= 15 is 0 Å². The normalized spacial score (nSPS) is 13.6. The fourth-order valence-electron chi connectivity index (χ4n) is 10.1. The van der Waals surface area contributed by atoms with E-state index in [2.05, 4.69) is 214 Å². The first-order valence-corrected chi connectivity index (χ1v) is 23.4. The van der Waals surface area contributed by atoms with Crippen LogP contribution in [0.25, 0.3) is 105 Å². The second-order valence-electron chi connectivity index (χ2n) is 17.9. The van der Waals surface area contributed by atoms with E-state index in [0.717, 1.165) is 106 Å². The van der Waals surface area contributed by atoms with E-state index in [9.17, 15) is 0 Å². The van der Waals surface area contributed by atoms with Crippen molar-refractivity contribution in [2.75, 3.05) is 0 Å². The molecule has 0 saturated carbocycles. The summed E-state index contributed by atoms with van der Waals surface area (Å²) in [7, 11) is 0. The van der Waals surface area contributed by atoms with Gasteiger partial charge in [-0.3, -0.25) is 9.97 Å². The van der Waals surface area contributed by atoms with Crippen LogP contribution < -0.4 is 0 Å². The molecule has 0 aliphatic heterocycles. The highest BCUT2D eigenvalue weighted by molar-refractivity contribution is 6.05. The predicted molar refractivity (Wildman–Crippen MR) is 283 cm³/mol. The van der Waals surface area contributed by atoms with E-state index in [1.54, 1.807) is 0 Å². The third-order valence-corrected chi connectivity index (χ3v) is 13.6. The molecule has 1 unspecified atom stereocenters. The van der Waals surface area contributed by atoms with Gasteiger partial charge in [0.05, 0.1) is 22.2 Å². The maximum Gasteiger partial charge on any atom is 0.160 e. The van der Waals surface area contributed by atoms with Crippen LogP contribution in [0.3, 0.4) is 0 Å². The maximum absolute atomic E-state index is 5.65. The van der Waals surface area contributed by atoms with Crippen LogP contribution in [0.5, 0.6) is 0 Å². The van der Waals surface area contributed by atoms with E-state index in [-0.39, 0.29) is 5.92 Å². The molecule has 1 aliphatic carbocycles. The Hall–Kier alpha value is -8.60. The summed E-state index contributed by atoms with van der Waals surface area (Å²) in [5.41, 5.74) is 20.8. The molecule has 4 heteroatoms. The number of hydrogen-bond acceptors (Lipinski definition) is 4. The molecule has 3 heterocycles. The molecule has 68 heavy (non-hydrogen) atoms. The number of allylic oxidation sites excluding steroid dienone is 4. The Morgan fingerprint density at radius 2 is 1.00 bits per heavy atom. The number of hydrogen-bond donors (Lipinski definition) is 0. The van der Waals surface area contributed by atoms with Gasteiger partial charge in [0.15, 0.2) is 5.82 Å². The summed E-state index contributed by atoms with van der Waals surface area (Å²) in [6.07, 6.45) is 11.5. The van der Waals surface area contributed by atoms with E-state index in [1.165, 1.54) is 22.3 Å². The van der Waals surface area contributed by atoms with Gasteiger partial charge in [-0.2, -0.15) is 0 Å². The van der Waals surface area contributed by atoms with Gasteiger partial charge in [-0.25, -0.2) is 9.97 Å². The topological polar surface area (TPSA) is 51.6 Å². The number of benzene rings is 8. The van der Waals surface area contributed by atoms with Gasteiger partial charge in [-0.1, -0.05) is 182 Å². The van der Waals surface area contributed by atoms with E-state index in [4.69, 9.17) is 19.9 Å². The number of aryl methyl sites for hydroxylation is 2. The van der Waals surface area contributed by atoms with Crippen molar-refractivity contribution < 1.29 is 0 Å². The number of nitrogens with zero attached hydrogens (tertiary/aromatic N) is 4. The average molecular weight is 871 g/mol. The first kappa shape index (κ1) is 40.9. The monoisotopic (exact) mass is 870 g/mol. The summed E-state index contributed by atoms with van der Waals surface area (Å²) in [6, 6.07) is 69.5. The van der Waals surface area contributed by atoms with Gasteiger partial charge in [0, 0.05) is 62.3 Å². The molecule has 1 aliphatic rings. The highest BCUT2D eigenvalue weighted by atomic mass is 14.9. The summed E-state index contributed by atoms with van der Waals surface area (Å²) in [4.78, 5) is 20.9. The van der Waals surface area contributed by atoms with E-state index in [0.29, 0.717) is 5.82 Å². The molecule has 4 nitrogen and oxygen atoms in total. The third-order valence-electron chi connectivity index (χ3n) is 13.6. The Morgan fingerprint density at radius 3 is 1.68 bits per heavy atom. The van der Waals surface area contributed by atoms with Crippen LogP contribution >= 0.6 is 0 Å². The first-order valence-electron chi connectivity index (χ1n) is 23.4.